The minimum absolute atomic E-state index is 0.0434. The van der Waals surface area contributed by atoms with Crippen LogP contribution < -0.4 is 15.4 Å². The molecule has 0 bridgehead atoms. The van der Waals surface area contributed by atoms with Gasteiger partial charge in [0, 0.05) is 17.7 Å². The molecular weight excluding hydrogens is 292 g/mol. The van der Waals surface area contributed by atoms with E-state index in [4.69, 9.17) is 9.47 Å². The highest BCUT2D eigenvalue weighted by Crippen LogP contribution is 2.12. The molecule has 5 nitrogen and oxygen atoms in total. The SMILES string of the molecule is CC(C)(C)NC(=O)COc1ccc(C[NH2+]C[C@H]2CCCO2)cc1. The lowest BCUT2D eigenvalue weighted by atomic mass is 10.1. The topological polar surface area (TPSA) is 64.2 Å². The number of nitrogens with one attached hydrogen (secondary N) is 1. The number of carbonyl (C=O) groups is 1. The summed E-state index contributed by atoms with van der Waals surface area (Å²) in [6, 6.07) is 7.92. The van der Waals surface area contributed by atoms with Crippen LogP contribution in [0.2, 0.25) is 0 Å². The number of nitrogens with two attached hydrogens (primary N) is 1. The highest BCUT2D eigenvalue weighted by atomic mass is 16.5. The monoisotopic (exact) mass is 321 g/mol. The molecule has 1 fully saturated rings. The lowest BCUT2D eigenvalue weighted by molar-refractivity contribution is -0.676. The predicted octanol–water partition coefficient (Wildman–Crippen LogP) is 1.22. The van der Waals surface area contributed by atoms with E-state index in [1.807, 2.05) is 45.0 Å². The molecule has 0 spiro atoms. The van der Waals surface area contributed by atoms with Gasteiger partial charge in [0.15, 0.2) is 6.61 Å². The van der Waals surface area contributed by atoms with E-state index >= 15 is 0 Å². The fourth-order valence-electron chi connectivity index (χ4n) is 2.59. The van der Waals surface area contributed by atoms with E-state index in [-0.39, 0.29) is 18.1 Å². The van der Waals surface area contributed by atoms with Gasteiger partial charge in [-0.2, -0.15) is 0 Å². The molecule has 2 rings (SSSR count). The van der Waals surface area contributed by atoms with Gasteiger partial charge in [-0.05, 0) is 57.9 Å². The Hall–Kier alpha value is -1.59. The molecule has 1 amide bonds. The van der Waals surface area contributed by atoms with Crippen LogP contribution in [0, 0.1) is 0 Å². The quantitative estimate of drug-likeness (QED) is 0.794. The molecule has 0 saturated carbocycles. The van der Waals surface area contributed by atoms with Crippen molar-refractivity contribution in [3.8, 4) is 5.75 Å². The zero-order valence-corrected chi connectivity index (χ0v) is 14.4. The second-order valence-corrected chi connectivity index (χ2v) is 7.09. The first-order chi connectivity index (χ1) is 10.9. The molecule has 3 N–H and O–H groups in total. The summed E-state index contributed by atoms with van der Waals surface area (Å²) in [5.74, 6) is 0.614. The smallest absolute Gasteiger partial charge is 0.258 e. The molecule has 1 aromatic carbocycles. The van der Waals surface area contributed by atoms with E-state index in [0.29, 0.717) is 6.10 Å². The molecule has 1 heterocycles. The van der Waals surface area contributed by atoms with Gasteiger partial charge in [0.1, 0.15) is 24.9 Å². The van der Waals surface area contributed by atoms with Crippen molar-refractivity contribution in [3.63, 3.8) is 0 Å². The molecule has 23 heavy (non-hydrogen) atoms. The van der Waals surface area contributed by atoms with Crippen LogP contribution in [0.25, 0.3) is 0 Å². The van der Waals surface area contributed by atoms with E-state index in [2.05, 4.69) is 10.6 Å². The number of quaternary nitrogens is 1. The zero-order chi connectivity index (χ0) is 16.7. The second kappa shape index (κ2) is 8.31. The molecule has 1 aliphatic rings. The molecule has 0 aliphatic carbocycles. The van der Waals surface area contributed by atoms with E-state index in [1.54, 1.807) is 0 Å². The fourth-order valence-corrected chi connectivity index (χ4v) is 2.59. The van der Waals surface area contributed by atoms with Crippen molar-refractivity contribution in [3.05, 3.63) is 29.8 Å². The lowest BCUT2D eigenvalue weighted by Gasteiger charge is -2.20. The van der Waals surface area contributed by atoms with Gasteiger partial charge in [-0.25, -0.2) is 0 Å². The molecule has 1 saturated heterocycles. The number of rotatable bonds is 7. The molecule has 0 radical (unpaired) electrons. The van der Waals surface area contributed by atoms with Gasteiger partial charge < -0.3 is 20.1 Å². The van der Waals surface area contributed by atoms with Crippen molar-refractivity contribution in [2.45, 2.75) is 51.8 Å². The summed E-state index contributed by atoms with van der Waals surface area (Å²) in [5, 5.41) is 5.15. The largest absolute Gasteiger partial charge is 0.484 e. The third-order valence-corrected chi connectivity index (χ3v) is 3.64. The van der Waals surface area contributed by atoms with Crippen LogP contribution in [0.4, 0.5) is 0 Å². The summed E-state index contributed by atoms with van der Waals surface area (Å²) in [6.07, 6.45) is 2.78. The van der Waals surface area contributed by atoms with Crippen molar-refractivity contribution in [1.29, 1.82) is 0 Å². The van der Waals surface area contributed by atoms with E-state index in [9.17, 15) is 4.79 Å². The Bertz CT molecular complexity index is 488. The third-order valence-electron chi connectivity index (χ3n) is 3.64. The third kappa shape index (κ3) is 7.01. The van der Waals surface area contributed by atoms with Gasteiger partial charge >= 0.3 is 0 Å². The maximum atomic E-state index is 11.7. The van der Waals surface area contributed by atoms with Crippen molar-refractivity contribution in [1.82, 2.24) is 5.32 Å². The molecule has 1 aliphatic heterocycles. The molecule has 0 unspecified atom stereocenters. The summed E-state index contributed by atoms with van der Waals surface area (Å²) in [4.78, 5) is 11.7. The average molecular weight is 321 g/mol. The highest BCUT2D eigenvalue weighted by molar-refractivity contribution is 5.78. The van der Waals surface area contributed by atoms with Gasteiger partial charge in [-0.3, -0.25) is 4.79 Å². The summed E-state index contributed by atoms with van der Waals surface area (Å²) >= 11 is 0. The predicted molar refractivity (Wildman–Crippen MR) is 89.3 cm³/mol. The molecule has 1 atom stereocenters. The molecule has 128 valence electrons. The van der Waals surface area contributed by atoms with Crippen LogP contribution in [0.15, 0.2) is 24.3 Å². The van der Waals surface area contributed by atoms with Gasteiger partial charge in [0.2, 0.25) is 0 Å². The fraction of sp³-hybridized carbons (Fsp3) is 0.611. The number of carbonyl (C=O) groups excluding carboxylic acids is 1. The normalized spacial score (nSPS) is 18.0. The van der Waals surface area contributed by atoms with Crippen molar-refractivity contribution < 1.29 is 19.6 Å². The summed E-state index contributed by atoms with van der Waals surface area (Å²) in [7, 11) is 0. The minimum Gasteiger partial charge on any atom is -0.484 e. The Kier molecular flexibility index (Phi) is 6.42. The summed E-state index contributed by atoms with van der Waals surface area (Å²) in [5.41, 5.74) is 1.01. The van der Waals surface area contributed by atoms with Crippen LogP contribution in [0.3, 0.4) is 0 Å². The molecular formula is C18H29N2O3+. The van der Waals surface area contributed by atoms with Crippen LogP contribution in [0.1, 0.15) is 39.2 Å². The minimum atomic E-state index is -0.233. The van der Waals surface area contributed by atoms with E-state index in [1.165, 1.54) is 18.4 Å². The van der Waals surface area contributed by atoms with Crippen LogP contribution in [-0.4, -0.2) is 37.3 Å². The Labute approximate surface area is 138 Å². The number of hydrogen-bond donors (Lipinski definition) is 2. The summed E-state index contributed by atoms with van der Waals surface area (Å²) < 4.78 is 11.1. The lowest BCUT2D eigenvalue weighted by Crippen LogP contribution is -2.84. The van der Waals surface area contributed by atoms with Gasteiger partial charge in [-0.1, -0.05) is 0 Å². The number of hydrogen-bond acceptors (Lipinski definition) is 3. The van der Waals surface area contributed by atoms with Crippen LogP contribution >= 0.6 is 0 Å². The van der Waals surface area contributed by atoms with Crippen molar-refractivity contribution in [2.75, 3.05) is 19.8 Å². The Morgan fingerprint density at radius 2 is 2.09 bits per heavy atom. The van der Waals surface area contributed by atoms with Gasteiger partial charge in [0.05, 0.1) is 0 Å². The first-order valence-corrected chi connectivity index (χ1v) is 8.38. The van der Waals surface area contributed by atoms with Crippen molar-refractivity contribution >= 4 is 5.91 Å². The van der Waals surface area contributed by atoms with Gasteiger partial charge in [0.25, 0.3) is 5.91 Å². The first kappa shape index (κ1) is 17.8. The maximum Gasteiger partial charge on any atom is 0.258 e. The molecule has 1 aromatic rings. The maximum absolute atomic E-state index is 11.7. The first-order valence-electron chi connectivity index (χ1n) is 8.38. The number of benzene rings is 1. The Morgan fingerprint density at radius 3 is 2.70 bits per heavy atom. The second-order valence-electron chi connectivity index (χ2n) is 7.09. The molecule has 0 aromatic heterocycles. The van der Waals surface area contributed by atoms with E-state index < -0.39 is 0 Å². The molecule has 5 heteroatoms. The Morgan fingerprint density at radius 1 is 1.35 bits per heavy atom. The number of ether oxygens (including phenoxy) is 2. The van der Waals surface area contributed by atoms with Crippen LogP contribution in [-0.2, 0) is 16.1 Å². The van der Waals surface area contributed by atoms with E-state index in [0.717, 1.165) is 25.4 Å². The van der Waals surface area contributed by atoms with Crippen molar-refractivity contribution in [2.24, 2.45) is 0 Å². The standard InChI is InChI=1S/C18H28N2O3/c1-18(2,3)20-17(21)13-23-15-8-6-14(7-9-15)11-19-12-16-5-4-10-22-16/h6-9,16,19H,4-5,10-13H2,1-3H3,(H,20,21)/p+1/t16-/m1/s1. The highest BCUT2D eigenvalue weighted by Gasteiger charge is 2.16. The number of amides is 1. The Balaban J connectivity index is 1.68. The summed E-state index contributed by atoms with van der Waals surface area (Å²) in [6.45, 7) is 8.76. The van der Waals surface area contributed by atoms with Crippen LogP contribution in [0.5, 0.6) is 5.75 Å². The van der Waals surface area contributed by atoms with Gasteiger partial charge in [-0.15, -0.1) is 0 Å². The zero-order valence-electron chi connectivity index (χ0n) is 14.4. The average Bonchev–Trinajstić information content (AvgIpc) is 2.98.